The highest BCUT2D eigenvalue weighted by atomic mass is 35.5. The Hall–Kier alpha value is -0.750. The maximum atomic E-state index is 12.3. The molecule has 0 amide bonds. The van der Waals surface area contributed by atoms with Crippen LogP contribution in [0.1, 0.15) is 44.0 Å². The second-order valence-corrected chi connectivity index (χ2v) is 7.88. The van der Waals surface area contributed by atoms with Gasteiger partial charge in [-0.25, -0.2) is 0 Å². The number of ketones is 1. The first kappa shape index (κ1) is 18.6. The lowest BCUT2D eigenvalue weighted by Crippen LogP contribution is -2.37. The molecule has 0 N–H and O–H groups in total. The number of carbonyl (C=O) groups is 1. The monoisotopic (exact) mass is 358 g/mol. The van der Waals surface area contributed by atoms with Crippen LogP contribution < -0.4 is 4.74 Å². The summed E-state index contributed by atoms with van der Waals surface area (Å²) in [7, 11) is 1.66. The van der Waals surface area contributed by atoms with Crippen molar-refractivity contribution in [1.82, 2.24) is 0 Å². The van der Waals surface area contributed by atoms with Crippen LogP contribution in [0.4, 0.5) is 0 Å². The summed E-state index contributed by atoms with van der Waals surface area (Å²) < 4.78 is 16.5. The van der Waals surface area contributed by atoms with E-state index in [1.165, 1.54) is 12.0 Å². The number of rotatable bonds is 6. The highest BCUT2D eigenvalue weighted by molar-refractivity contribution is 7.94. The quantitative estimate of drug-likeness (QED) is 0.541. The molecule has 1 aromatic carbocycles. The maximum absolute atomic E-state index is 12.3. The fourth-order valence-corrected chi connectivity index (χ4v) is 3.12. The second-order valence-electron chi connectivity index (χ2n) is 6.63. The zero-order valence-electron chi connectivity index (χ0n) is 14.0. The van der Waals surface area contributed by atoms with Gasteiger partial charge in [-0.1, -0.05) is 32.4 Å². The van der Waals surface area contributed by atoms with Crippen molar-refractivity contribution in [3.05, 3.63) is 22.7 Å². The van der Waals surface area contributed by atoms with Crippen molar-refractivity contribution < 1.29 is 18.5 Å². The molecule has 0 aliphatic carbocycles. The van der Waals surface area contributed by atoms with Crippen molar-refractivity contribution >= 4 is 29.4 Å². The van der Waals surface area contributed by atoms with E-state index in [0.717, 1.165) is 11.3 Å². The van der Waals surface area contributed by atoms with Gasteiger partial charge in [-0.2, -0.15) is 0 Å². The molecular weight excluding hydrogens is 336 g/mol. The van der Waals surface area contributed by atoms with Crippen LogP contribution in [0.2, 0.25) is 5.02 Å². The molecule has 1 unspecified atom stereocenters. The largest absolute Gasteiger partial charge is 0.489 e. The Kier molecular flexibility index (Phi) is 6.37. The maximum Gasteiger partial charge on any atom is 0.170 e. The molecule has 0 aromatic heterocycles. The number of fused-ring (bicyclic) bond motifs is 1. The molecule has 4 nitrogen and oxygen atoms in total. The summed E-state index contributed by atoms with van der Waals surface area (Å²) in [5.74, 6) is 0.666. The Labute approximate surface area is 147 Å². The number of methoxy groups -OCH3 is 1. The Balaban J connectivity index is 2.11. The molecule has 0 fully saturated rings. The molecule has 128 valence electrons. The van der Waals surface area contributed by atoms with Gasteiger partial charge < -0.3 is 13.7 Å². The van der Waals surface area contributed by atoms with Gasteiger partial charge in [-0.15, -0.1) is 0 Å². The van der Waals surface area contributed by atoms with Gasteiger partial charge in [0.1, 0.15) is 11.9 Å². The van der Waals surface area contributed by atoms with Crippen LogP contribution in [0.25, 0.3) is 0 Å². The normalized spacial score (nSPS) is 17.8. The molecule has 1 heterocycles. The molecule has 0 saturated carbocycles. The molecule has 0 saturated heterocycles. The first-order chi connectivity index (χ1) is 10.8. The lowest BCUT2D eigenvalue weighted by molar-refractivity contribution is 0.0543. The Morgan fingerprint density at radius 3 is 2.74 bits per heavy atom. The highest BCUT2D eigenvalue weighted by Gasteiger charge is 2.35. The summed E-state index contributed by atoms with van der Waals surface area (Å²) >= 11 is 7.46. The zero-order chi connectivity index (χ0) is 17.0. The van der Waals surface area contributed by atoms with Crippen molar-refractivity contribution in [3.8, 4) is 5.75 Å². The molecule has 23 heavy (non-hydrogen) atoms. The Bertz CT molecular complexity index is 568. The van der Waals surface area contributed by atoms with Crippen LogP contribution in [-0.4, -0.2) is 32.2 Å². The standard InChI is InChI=1S/C17H23ClO4S/c1-17(2,3)16-9-13(19)11-8-12(18)15(10-14(11)22-16)23-21-7-5-6-20-4/h8,10,16H,5-7,9H2,1-4H3. The first-order valence-electron chi connectivity index (χ1n) is 7.64. The molecule has 0 radical (unpaired) electrons. The third-order valence-corrected chi connectivity index (χ3v) is 4.89. The zero-order valence-corrected chi connectivity index (χ0v) is 15.6. The van der Waals surface area contributed by atoms with Gasteiger partial charge in [-0.05, 0) is 24.0 Å². The predicted octanol–water partition coefficient (Wildman–Crippen LogP) is 4.78. The van der Waals surface area contributed by atoms with E-state index < -0.39 is 0 Å². The van der Waals surface area contributed by atoms with E-state index in [1.54, 1.807) is 19.2 Å². The molecule has 1 aliphatic rings. The second kappa shape index (κ2) is 7.88. The van der Waals surface area contributed by atoms with Crippen molar-refractivity contribution in [2.24, 2.45) is 5.41 Å². The first-order valence-corrected chi connectivity index (χ1v) is 8.76. The lowest BCUT2D eigenvalue weighted by Gasteiger charge is -2.34. The van der Waals surface area contributed by atoms with Crippen LogP contribution in [0.5, 0.6) is 5.75 Å². The summed E-state index contributed by atoms with van der Waals surface area (Å²) in [6.45, 7) is 7.43. The molecule has 0 spiro atoms. The van der Waals surface area contributed by atoms with Crippen LogP contribution >= 0.6 is 23.6 Å². The van der Waals surface area contributed by atoms with Crippen LogP contribution in [-0.2, 0) is 8.92 Å². The van der Waals surface area contributed by atoms with Gasteiger partial charge in [0.15, 0.2) is 5.78 Å². The van der Waals surface area contributed by atoms with Crippen molar-refractivity contribution in [3.63, 3.8) is 0 Å². The van der Waals surface area contributed by atoms with Crippen molar-refractivity contribution in [2.45, 2.75) is 44.6 Å². The molecule has 1 aromatic rings. The van der Waals surface area contributed by atoms with Gasteiger partial charge in [0, 0.05) is 32.2 Å². The van der Waals surface area contributed by atoms with Gasteiger partial charge in [0.05, 0.1) is 22.1 Å². The van der Waals surface area contributed by atoms with E-state index in [2.05, 4.69) is 20.8 Å². The third kappa shape index (κ3) is 4.86. The third-order valence-electron chi connectivity index (χ3n) is 3.67. The molecule has 2 rings (SSSR count). The number of benzene rings is 1. The summed E-state index contributed by atoms with van der Waals surface area (Å²) in [5, 5.41) is 0.506. The molecular formula is C17H23ClO4S. The summed E-state index contributed by atoms with van der Waals surface area (Å²) in [5.41, 5.74) is 0.455. The van der Waals surface area contributed by atoms with E-state index in [1.807, 2.05) is 0 Å². The van der Waals surface area contributed by atoms with Gasteiger partial charge >= 0.3 is 0 Å². The SMILES string of the molecule is COCCCOSc1cc2c(cc1Cl)C(=O)CC(C(C)(C)C)O2. The van der Waals surface area contributed by atoms with E-state index in [-0.39, 0.29) is 17.3 Å². The van der Waals surface area contributed by atoms with E-state index in [9.17, 15) is 4.79 Å². The minimum absolute atomic E-state index is 0.0747. The van der Waals surface area contributed by atoms with Gasteiger partial charge in [0.25, 0.3) is 0 Å². The highest BCUT2D eigenvalue weighted by Crippen LogP contribution is 2.40. The fraction of sp³-hybridized carbons (Fsp3) is 0.588. The predicted molar refractivity (Wildman–Crippen MR) is 92.6 cm³/mol. The number of Topliss-reactive ketones (excluding diaryl/α,β-unsaturated/α-hetero) is 1. The van der Waals surface area contributed by atoms with Crippen molar-refractivity contribution in [1.29, 1.82) is 0 Å². The number of ether oxygens (including phenoxy) is 2. The summed E-state index contributed by atoms with van der Waals surface area (Å²) in [4.78, 5) is 13.1. The van der Waals surface area contributed by atoms with E-state index in [0.29, 0.717) is 36.0 Å². The number of hydrogen-bond acceptors (Lipinski definition) is 5. The number of carbonyl (C=O) groups excluding carboxylic acids is 1. The number of halogens is 1. The average molecular weight is 359 g/mol. The molecule has 1 aliphatic heterocycles. The van der Waals surface area contributed by atoms with Crippen LogP contribution in [0.15, 0.2) is 17.0 Å². The minimum atomic E-state index is -0.135. The minimum Gasteiger partial charge on any atom is -0.489 e. The topological polar surface area (TPSA) is 44.8 Å². The fourth-order valence-electron chi connectivity index (χ4n) is 2.24. The van der Waals surface area contributed by atoms with Gasteiger partial charge in [-0.3, -0.25) is 4.79 Å². The molecule has 0 bridgehead atoms. The van der Waals surface area contributed by atoms with E-state index in [4.69, 9.17) is 25.3 Å². The number of hydrogen-bond donors (Lipinski definition) is 0. The smallest absolute Gasteiger partial charge is 0.170 e. The van der Waals surface area contributed by atoms with Crippen molar-refractivity contribution in [2.75, 3.05) is 20.3 Å². The van der Waals surface area contributed by atoms with Crippen LogP contribution in [0.3, 0.4) is 0 Å². The van der Waals surface area contributed by atoms with Gasteiger partial charge in [0.2, 0.25) is 0 Å². The lowest BCUT2D eigenvalue weighted by atomic mass is 9.83. The van der Waals surface area contributed by atoms with Crippen LogP contribution in [0, 0.1) is 5.41 Å². The van der Waals surface area contributed by atoms with E-state index >= 15 is 0 Å². The summed E-state index contributed by atoms with van der Waals surface area (Å²) in [6, 6.07) is 3.48. The summed E-state index contributed by atoms with van der Waals surface area (Å²) in [6.07, 6.45) is 1.06. The molecule has 1 atom stereocenters. The molecule has 6 heteroatoms. The average Bonchev–Trinajstić information content (AvgIpc) is 2.47. The Morgan fingerprint density at radius 1 is 1.35 bits per heavy atom. The Morgan fingerprint density at radius 2 is 2.09 bits per heavy atom.